The molecule has 0 spiro atoms. The second kappa shape index (κ2) is 6.10. The molecule has 0 bridgehead atoms. The molecule has 1 aliphatic heterocycles. The van der Waals surface area contributed by atoms with Crippen LogP contribution in [0.5, 0.6) is 0 Å². The van der Waals surface area contributed by atoms with Crippen molar-refractivity contribution in [3.63, 3.8) is 0 Å². The molecule has 1 aromatic carbocycles. The summed E-state index contributed by atoms with van der Waals surface area (Å²) in [5.41, 5.74) is 2.70. The average Bonchev–Trinajstić information content (AvgIpc) is 3.04. The third-order valence-corrected chi connectivity index (χ3v) is 3.69. The highest BCUT2D eigenvalue weighted by Crippen LogP contribution is 2.24. The van der Waals surface area contributed by atoms with Gasteiger partial charge >= 0.3 is 0 Å². The van der Waals surface area contributed by atoms with Crippen LogP contribution in [0.15, 0.2) is 35.1 Å². The lowest BCUT2D eigenvalue weighted by molar-refractivity contribution is -0.123. The Morgan fingerprint density at radius 3 is 3.00 bits per heavy atom. The normalized spacial score (nSPS) is 18.4. The van der Waals surface area contributed by atoms with Crippen molar-refractivity contribution in [1.29, 1.82) is 0 Å². The number of amides is 1. The second-order valence-electron chi connectivity index (χ2n) is 5.27. The predicted octanol–water partition coefficient (Wildman–Crippen LogP) is 3.02. The van der Waals surface area contributed by atoms with Crippen molar-refractivity contribution in [3.05, 3.63) is 36.2 Å². The van der Waals surface area contributed by atoms with Crippen LogP contribution in [-0.4, -0.2) is 24.1 Å². The number of nitrogens with zero attached hydrogens (tertiary/aromatic N) is 1. The predicted molar refractivity (Wildman–Crippen MR) is 78.8 cm³/mol. The molecule has 5 nitrogen and oxygen atoms in total. The Bertz CT molecular complexity index is 616. The lowest BCUT2D eigenvalue weighted by Gasteiger charge is -2.21. The molecular formula is C16H18N2O3. The molecule has 0 aliphatic carbocycles. The van der Waals surface area contributed by atoms with Crippen LogP contribution < -0.4 is 5.32 Å². The van der Waals surface area contributed by atoms with Gasteiger partial charge in [-0.1, -0.05) is 0 Å². The summed E-state index contributed by atoms with van der Waals surface area (Å²) in [6.45, 7) is 3.23. The molecule has 2 aromatic rings. The fourth-order valence-electron chi connectivity index (χ4n) is 2.49. The van der Waals surface area contributed by atoms with Crippen molar-refractivity contribution in [2.75, 3.05) is 18.5 Å². The number of ether oxygens (including phenoxy) is 1. The maximum atomic E-state index is 12.2. The monoisotopic (exact) mass is 286 g/mol. The summed E-state index contributed by atoms with van der Waals surface area (Å²) in [4.78, 5) is 16.3. The minimum Gasteiger partial charge on any atom is -0.445 e. The summed E-state index contributed by atoms with van der Waals surface area (Å²) < 4.78 is 10.6. The molecule has 0 saturated carbocycles. The number of oxazole rings is 1. The Kier molecular flexibility index (Phi) is 4.01. The topological polar surface area (TPSA) is 64.4 Å². The minimum atomic E-state index is -0.0513. The fraction of sp³-hybridized carbons (Fsp3) is 0.375. The summed E-state index contributed by atoms with van der Waals surface area (Å²) in [6.07, 6.45) is 4.99. The zero-order valence-electron chi connectivity index (χ0n) is 12.0. The standard InChI is InChI=1S/C16H18N2O3/c1-11-9-12(16-17-6-8-21-16)4-5-14(11)18-15(19)13-3-2-7-20-10-13/h4-6,8-9,13H,2-3,7,10H2,1H3,(H,18,19)/t13-/m0/s1. The average molecular weight is 286 g/mol. The number of rotatable bonds is 3. The molecule has 21 heavy (non-hydrogen) atoms. The van der Waals surface area contributed by atoms with Crippen LogP contribution in [0, 0.1) is 12.8 Å². The van der Waals surface area contributed by atoms with E-state index in [1.54, 1.807) is 12.5 Å². The van der Waals surface area contributed by atoms with Crippen LogP contribution in [-0.2, 0) is 9.53 Å². The third-order valence-electron chi connectivity index (χ3n) is 3.69. The van der Waals surface area contributed by atoms with E-state index in [4.69, 9.17) is 9.15 Å². The van der Waals surface area contributed by atoms with E-state index in [0.29, 0.717) is 12.5 Å². The first kappa shape index (κ1) is 13.8. The van der Waals surface area contributed by atoms with E-state index in [1.165, 1.54) is 0 Å². The second-order valence-corrected chi connectivity index (χ2v) is 5.27. The molecule has 1 atom stereocenters. The summed E-state index contributed by atoms with van der Waals surface area (Å²) >= 11 is 0. The Labute approximate surface area is 123 Å². The molecule has 5 heteroatoms. The van der Waals surface area contributed by atoms with Crippen LogP contribution in [0.25, 0.3) is 11.5 Å². The number of carbonyl (C=O) groups excluding carboxylic acids is 1. The quantitative estimate of drug-likeness (QED) is 0.942. The lowest BCUT2D eigenvalue weighted by atomic mass is 10.0. The first-order chi connectivity index (χ1) is 10.2. The smallest absolute Gasteiger partial charge is 0.229 e. The molecule has 1 amide bonds. The highest BCUT2D eigenvalue weighted by molar-refractivity contribution is 5.93. The number of aryl methyl sites for hydroxylation is 1. The van der Waals surface area contributed by atoms with Gasteiger partial charge in [0.2, 0.25) is 11.8 Å². The van der Waals surface area contributed by atoms with Gasteiger partial charge in [-0.05, 0) is 43.5 Å². The van der Waals surface area contributed by atoms with Gasteiger partial charge in [0.25, 0.3) is 0 Å². The summed E-state index contributed by atoms with van der Waals surface area (Å²) in [5.74, 6) is 0.558. The lowest BCUT2D eigenvalue weighted by Crippen LogP contribution is -2.30. The van der Waals surface area contributed by atoms with E-state index >= 15 is 0 Å². The van der Waals surface area contributed by atoms with Gasteiger partial charge in [-0.25, -0.2) is 4.98 Å². The van der Waals surface area contributed by atoms with Crippen molar-refractivity contribution in [2.24, 2.45) is 5.92 Å². The number of carbonyl (C=O) groups is 1. The van der Waals surface area contributed by atoms with Crippen molar-refractivity contribution in [2.45, 2.75) is 19.8 Å². The number of hydrogen-bond acceptors (Lipinski definition) is 4. The SMILES string of the molecule is Cc1cc(-c2ncco2)ccc1NC(=O)[C@H]1CCCOC1. The molecule has 1 aromatic heterocycles. The number of anilines is 1. The third kappa shape index (κ3) is 3.13. The largest absolute Gasteiger partial charge is 0.445 e. The Balaban J connectivity index is 1.72. The van der Waals surface area contributed by atoms with E-state index in [0.717, 1.165) is 36.3 Å². The van der Waals surface area contributed by atoms with Crippen LogP contribution in [0.2, 0.25) is 0 Å². The molecule has 2 heterocycles. The molecule has 1 aliphatic rings. The first-order valence-corrected chi connectivity index (χ1v) is 7.13. The molecule has 1 fully saturated rings. The van der Waals surface area contributed by atoms with E-state index in [2.05, 4.69) is 10.3 Å². The molecule has 3 rings (SSSR count). The minimum absolute atomic E-state index is 0.0293. The number of hydrogen-bond donors (Lipinski definition) is 1. The van der Waals surface area contributed by atoms with Gasteiger partial charge in [0.05, 0.1) is 18.7 Å². The van der Waals surface area contributed by atoms with E-state index in [9.17, 15) is 4.79 Å². The van der Waals surface area contributed by atoms with Gasteiger partial charge in [0, 0.05) is 17.9 Å². The maximum Gasteiger partial charge on any atom is 0.229 e. The van der Waals surface area contributed by atoms with Gasteiger partial charge in [0.15, 0.2) is 0 Å². The van der Waals surface area contributed by atoms with Gasteiger partial charge in [-0.2, -0.15) is 0 Å². The molecular weight excluding hydrogens is 268 g/mol. The van der Waals surface area contributed by atoms with Crippen LogP contribution >= 0.6 is 0 Å². The number of nitrogens with one attached hydrogen (secondary N) is 1. The van der Waals surface area contributed by atoms with Gasteiger partial charge in [-0.3, -0.25) is 4.79 Å². The van der Waals surface area contributed by atoms with Crippen LogP contribution in [0.1, 0.15) is 18.4 Å². The van der Waals surface area contributed by atoms with E-state index < -0.39 is 0 Å². The zero-order valence-corrected chi connectivity index (χ0v) is 12.0. The number of benzene rings is 1. The zero-order chi connectivity index (χ0) is 14.7. The molecule has 0 unspecified atom stereocenters. The summed E-state index contributed by atoms with van der Waals surface area (Å²) in [5, 5.41) is 2.98. The van der Waals surface area contributed by atoms with Gasteiger partial charge in [0.1, 0.15) is 6.26 Å². The van der Waals surface area contributed by atoms with Crippen molar-refractivity contribution >= 4 is 11.6 Å². The highest BCUT2D eigenvalue weighted by atomic mass is 16.5. The van der Waals surface area contributed by atoms with E-state index in [1.807, 2.05) is 25.1 Å². The highest BCUT2D eigenvalue weighted by Gasteiger charge is 2.22. The Morgan fingerprint density at radius 2 is 2.33 bits per heavy atom. The van der Waals surface area contributed by atoms with Crippen LogP contribution in [0.4, 0.5) is 5.69 Å². The molecule has 1 N–H and O–H groups in total. The number of aromatic nitrogens is 1. The Morgan fingerprint density at radius 1 is 1.43 bits per heavy atom. The summed E-state index contributed by atoms with van der Waals surface area (Å²) in [6, 6.07) is 5.74. The molecule has 0 radical (unpaired) electrons. The van der Waals surface area contributed by atoms with Crippen molar-refractivity contribution in [3.8, 4) is 11.5 Å². The van der Waals surface area contributed by atoms with E-state index in [-0.39, 0.29) is 11.8 Å². The van der Waals surface area contributed by atoms with Crippen LogP contribution in [0.3, 0.4) is 0 Å². The first-order valence-electron chi connectivity index (χ1n) is 7.13. The Hall–Kier alpha value is -2.14. The molecule has 1 saturated heterocycles. The van der Waals surface area contributed by atoms with Crippen molar-refractivity contribution < 1.29 is 13.9 Å². The van der Waals surface area contributed by atoms with Crippen molar-refractivity contribution in [1.82, 2.24) is 4.98 Å². The fourth-order valence-corrected chi connectivity index (χ4v) is 2.49. The molecule has 110 valence electrons. The van der Waals surface area contributed by atoms with Gasteiger partial charge < -0.3 is 14.5 Å². The van der Waals surface area contributed by atoms with Gasteiger partial charge in [-0.15, -0.1) is 0 Å². The maximum absolute atomic E-state index is 12.2. The summed E-state index contributed by atoms with van der Waals surface area (Å²) in [7, 11) is 0.